The molecule has 4 heterocycles. The Morgan fingerprint density at radius 2 is 1.76 bits per heavy atom. The van der Waals surface area contributed by atoms with E-state index in [4.69, 9.17) is 11.5 Å². The van der Waals surface area contributed by atoms with Crippen LogP contribution in [-0.2, 0) is 7.05 Å². The Labute approximate surface area is 257 Å². The Morgan fingerprint density at radius 3 is 2.51 bits per heavy atom. The van der Waals surface area contributed by atoms with Crippen LogP contribution in [0.25, 0.3) is 22.1 Å². The first-order valence-corrected chi connectivity index (χ1v) is 14.1. The maximum absolute atomic E-state index is 14.4. The fourth-order valence-electron chi connectivity index (χ4n) is 5.28. The number of hydrogen-bond acceptors (Lipinski definition) is 8. The summed E-state index contributed by atoms with van der Waals surface area (Å²) in [4.78, 5) is 44.8. The molecule has 0 aliphatic heterocycles. The number of nitrogens with two attached hydrogens (primary N) is 2. The number of carbonyl (C=O) groups excluding carboxylic acids is 2. The number of Topliss-reactive ketones (excluding diaryl/α,β-unsaturated/α-hetero) is 1. The van der Waals surface area contributed by atoms with Crippen molar-refractivity contribution in [2.45, 2.75) is 25.9 Å². The molecule has 0 fully saturated rings. The van der Waals surface area contributed by atoms with Crippen LogP contribution in [0.5, 0.6) is 0 Å². The van der Waals surface area contributed by atoms with Crippen molar-refractivity contribution >= 4 is 33.9 Å². The molecule has 0 aliphatic rings. The van der Waals surface area contributed by atoms with Gasteiger partial charge in [-0.3, -0.25) is 23.6 Å². The van der Waals surface area contributed by atoms with Gasteiger partial charge >= 0.3 is 0 Å². The summed E-state index contributed by atoms with van der Waals surface area (Å²) in [7, 11) is 1.65. The van der Waals surface area contributed by atoms with Crippen LogP contribution >= 0.6 is 0 Å². The van der Waals surface area contributed by atoms with E-state index in [9.17, 15) is 14.4 Å². The molecule has 2 atom stereocenters. The molecule has 2 aromatic carbocycles. The van der Waals surface area contributed by atoms with Crippen LogP contribution < -0.4 is 22.3 Å². The Bertz CT molecular complexity index is 2230. The zero-order valence-corrected chi connectivity index (χ0v) is 24.7. The number of nitrogens with one attached hydrogen (secondary N) is 1. The molecule has 45 heavy (non-hydrogen) atoms. The van der Waals surface area contributed by atoms with Crippen LogP contribution in [0.1, 0.15) is 57.6 Å². The lowest BCUT2D eigenvalue weighted by molar-refractivity contribution is 0.0938. The van der Waals surface area contributed by atoms with Crippen molar-refractivity contribution in [1.82, 2.24) is 34.3 Å². The van der Waals surface area contributed by atoms with Crippen LogP contribution in [0.15, 0.2) is 84.0 Å². The quantitative estimate of drug-likeness (QED) is 0.194. The maximum atomic E-state index is 14.4. The molecule has 0 radical (unpaired) electrons. The summed E-state index contributed by atoms with van der Waals surface area (Å²) in [6.07, 6.45) is 4.71. The van der Waals surface area contributed by atoms with Gasteiger partial charge in [0.1, 0.15) is 11.3 Å². The molecule has 0 spiro atoms. The molecule has 1 amide bonds. The summed E-state index contributed by atoms with van der Waals surface area (Å²) < 4.78 is 4.44. The monoisotopic (exact) mass is 599 g/mol. The van der Waals surface area contributed by atoms with Gasteiger partial charge in [-0.2, -0.15) is 5.10 Å². The number of aryl methyl sites for hydroxylation is 1. The predicted molar refractivity (Wildman–Crippen MR) is 170 cm³/mol. The molecule has 5 N–H and O–H groups in total. The van der Waals surface area contributed by atoms with Crippen LogP contribution in [0.4, 0.5) is 5.82 Å². The van der Waals surface area contributed by atoms with Crippen molar-refractivity contribution in [2.75, 3.05) is 5.73 Å². The third-order valence-corrected chi connectivity index (χ3v) is 7.45. The van der Waals surface area contributed by atoms with Gasteiger partial charge in [0, 0.05) is 36.4 Å². The smallest absolute Gasteiger partial charge is 0.264 e. The second-order valence-electron chi connectivity index (χ2n) is 10.6. The van der Waals surface area contributed by atoms with Gasteiger partial charge in [0.25, 0.3) is 11.5 Å². The van der Waals surface area contributed by atoms with E-state index >= 15 is 0 Å². The first-order valence-electron chi connectivity index (χ1n) is 14.1. The molecule has 6 aromatic rings. The molecular weight excluding hydrogens is 570 g/mol. The summed E-state index contributed by atoms with van der Waals surface area (Å²) >= 11 is 0. The van der Waals surface area contributed by atoms with Crippen molar-refractivity contribution in [3.05, 3.63) is 118 Å². The molecule has 0 aliphatic carbocycles. The van der Waals surface area contributed by atoms with Gasteiger partial charge in [-0.05, 0) is 49.6 Å². The van der Waals surface area contributed by atoms with Crippen LogP contribution in [0, 0.1) is 11.8 Å². The summed E-state index contributed by atoms with van der Waals surface area (Å²) in [6, 6.07) is 16.7. The molecular formula is C33H29N9O3. The minimum absolute atomic E-state index is 0.0416. The minimum Gasteiger partial charge on any atom is -0.381 e. The maximum Gasteiger partial charge on any atom is 0.264 e. The van der Waals surface area contributed by atoms with Gasteiger partial charge in [0.15, 0.2) is 17.2 Å². The van der Waals surface area contributed by atoms with Crippen molar-refractivity contribution in [3.63, 3.8) is 0 Å². The Hall–Kier alpha value is -6.06. The number of ketones is 1. The fraction of sp³-hybridized carbons (Fsp3) is 0.152. The molecule has 0 saturated heterocycles. The highest BCUT2D eigenvalue weighted by Crippen LogP contribution is 2.24. The van der Waals surface area contributed by atoms with Gasteiger partial charge in [-0.1, -0.05) is 42.2 Å². The summed E-state index contributed by atoms with van der Waals surface area (Å²) in [6.45, 7) is 3.39. The number of rotatable bonds is 6. The summed E-state index contributed by atoms with van der Waals surface area (Å²) in [5.41, 5.74) is 14.4. The highest BCUT2D eigenvalue weighted by molar-refractivity contribution is 6.04. The Balaban J connectivity index is 1.47. The van der Waals surface area contributed by atoms with E-state index in [1.165, 1.54) is 15.4 Å². The van der Waals surface area contributed by atoms with Gasteiger partial charge in [-0.25, -0.2) is 9.50 Å². The molecule has 12 nitrogen and oxygen atoms in total. The second kappa shape index (κ2) is 11.6. The number of nitrogens with zero attached hydrogens (tertiary/aromatic N) is 6. The zero-order chi connectivity index (χ0) is 31.8. The van der Waals surface area contributed by atoms with Crippen LogP contribution in [0.2, 0.25) is 0 Å². The van der Waals surface area contributed by atoms with Crippen molar-refractivity contribution in [3.8, 4) is 17.5 Å². The number of nitrogen functional groups attached to an aromatic ring is 1. The summed E-state index contributed by atoms with van der Waals surface area (Å²) in [5, 5.41) is 12.3. The topological polar surface area (TPSA) is 168 Å². The number of anilines is 1. The number of aromatic nitrogens is 6. The van der Waals surface area contributed by atoms with E-state index in [0.29, 0.717) is 44.6 Å². The Morgan fingerprint density at radius 1 is 1.00 bits per heavy atom. The number of carbonyl (C=O) groups is 2. The summed E-state index contributed by atoms with van der Waals surface area (Å²) in [5.74, 6) is 5.39. The number of fused-ring (bicyclic) bond motifs is 2. The average Bonchev–Trinajstić information content (AvgIpc) is 3.57. The van der Waals surface area contributed by atoms with E-state index in [-0.39, 0.29) is 22.7 Å². The standard InChI is InChI=1S/C33H29N9O3/c1-19(34)29(43)28-23(18-37-40(28)3)14-13-21-9-7-10-22-17-25(42(33(45)26(21)22)24-11-5-4-6-12-24)20(2)38-32(44)27-30(35)39-41-16-8-15-36-31(27)41/h4-12,15-20H,34H2,1-3H3,(H2,35,39)(H,38,44)/t19?,20-/m0/s1. The lowest BCUT2D eigenvalue weighted by Gasteiger charge is -2.21. The van der Waals surface area contributed by atoms with Gasteiger partial charge in [0.05, 0.1) is 29.2 Å². The van der Waals surface area contributed by atoms with E-state index in [1.807, 2.05) is 42.5 Å². The number of hydrogen-bond donors (Lipinski definition) is 3. The number of benzene rings is 2. The fourth-order valence-corrected chi connectivity index (χ4v) is 5.28. The van der Waals surface area contributed by atoms with Crippen LogP contribution in [0.3, 0.4) is 0 Å². The average molecular weight is 600 g/mol. The zero-order valence-electron chi connectivity index (χ0n) is 24.7. The first kappa shape index (κ1) is 29.0. The third-order valence-electron chi connectivity index (χ3n) is 7.45. The molecule has 224 valence electrons. The van der Waals surface area contributed by atoms with E-state index < -0.39 is 18.0 Å². The van der Waals surface area contributed by atoms with E-state index in [0.717, 1.165) is 0 Å². The SMILES string of the molecule is CC(N)C(=O)c1c(C#Cc2cccc3cc([C@H](C)NC(=O)c4c(N)nn5cccnc45)n(-c4ccccc4)c(=O)c23)cnn1C. The molecule has 0 bridgehead atoms. The van der Waals surface area contributed by atoms with Gasteiger partial charge in [-0.15, -0.1) is 5.10 Å². The Kier molecular flexibility index (Phi) is 7.45. The second-order valence-corrected chi connectivity index (χ2v) is 10.6. The van der Waals surface area contributed by atoms with Crippen molar-refractivity contribution < 1.29 is 9.59 Å². The molecule has 0 saturated carbocycles. The molecule has 6 rings (SSSR count). The van der Waals surface area contributed by atoms with Crippen LogP contribution in [-0.4, -0.2) is 46.7 Å². The number of para-hydroxylation sites is 1. The van der Waals surface area contributed by atoms with Crippen molar-refractivity contribution in [2.24, 2.45) is 12.8 Å². The normalized spacial score (nSPS) is 12.4. The third kappa shape index (κ3) is 5.21. The van der Waals surface area contributed by atoms with Gasteiger partial charge in [0.2, 0.25) is 0 Å². The first-order chi connectivity index (χ1) is 21.7. The number of pyridine rings is 1. The number of amides is 1. The van der Waals surface area contributed by atoms with E-state index in [2.05, 4.69) is 32.3 Å². The predicted octanol–water partition coefficient (Wildman–Crippen LogP) is 2.77. The highest BCUT2D eigenvalue weighted by atomic mass is 16.2. The molecule has 1 unspecified atom stereocenters. The largest absolute Gasteiger partial charge is 0.381 e. The molecule has 4 aromatic heterocycles. The molecule has 12 heteroatoms. The van der Waals surface area contributed by atoms with Gasteiger partial charge < -0.3 is 16.8 Å². The van der Waals surface area contributed by atoms with Crippen molar-refractivity contribution in [1.29, 1.82) is 0 Å². The lowest BCUT2D eigenvalue weighted by atomic mass is 10.0. The highest BCUT2D eigenvalue weighted by Gasteiger charge is 2.24. The lowest BCUT2D eigenvalue weighted by Crippen LogP contribution is -2.32. The minimum atomic E-state index is -0.724. The van der Waals surface area contributed by atoms with E-state index in [1.54, 1.807) is 56.1 Å².